The maximum atomic E-state index is 9.51. The van der Waals surface area contributed by atoms with Crippen molar-refractivity contribution in [3.8, 4) is 0 Å². The lowest BCUT2D eigenvalue weighted by Crippen LogP contribution is -2.42. The molecule has 0 spiro atoms. The fourth-order valence-corrected chi connectivity index (χ4v) is 1.66. The van der Waals surface area contributed by atoms with Crippen LogP contribution in [0.5, 0.6) is 0 Å². The molecule has 3 nitrogen and oxygen atoms in total. The van der Waals surface area contributed by atoms with Crippen LogP contribution in [-0.2, 0) is 4.74 Å². The maximum absolute atomic E-state index is 9.51. The van der Waals surface area contributed by atoms with E-state index in [1.165, 1.54) is 0 Å². The molecule has 66 valence electrons. The van der Waals surface area contributed by atoms with Gasteiger partial charge in [-0.05, 0) is 26.3 Å². The number of rotatable bonds is 2. The second-order valence-electron chi connectivity index (χ2n) is 3.14. The summed E-state index contributed by atoms with van der Waals surface area (Å²) in [5.74, 6) is 0. The molecule has 1 saturated carbocycles. The summed E-state index contributed by atoms with van der Waals surface area (Å²) in [5.41, 5.74) is 0. The third kappa shape index (κ3) is 2.15. The number of hydrogen-bond donors (Lipinski definition) is 2. The van der Waals surface area contributed by atoms with Crippen molar-refractivity contribution < 1.29 is 9.84 Å². The van der Waals surface area contributed by atoms with Crippen LogP contribution >= 0.6 is 0 Å². The first-order chi connectivity index (χ1) is 5.27. The first-order valence-corrected chi connectivity index (χ1v) is 4.16. The van der Waals surface area contributed by atoms with Crippen molar-refractivity contribution in [2.75, 3.05) is 14.2 Å². The van der Waals surface area contributed by atoms with Gasteiger partial charge in [0.25, 0.3) is 0 Å². The van der Waals surface area contributed by atoms with E-state index >= 15 is 0 Å². The fourth-order valence-electron chi connectivity index (χ4n) is 1.66. The molecule has 0 aliphatic heterocycles. The molecule has 0 bridgehead atoms. The zero-order valence-corrected chi connectivity index (χ0v) is 7.21. The molecule has 0 aromatic rings. The average Bonchev–Trinajstić information content (AvgIpc) is 2.04. The highest BCUT2D eigenvalue weighted by atomic mass is 16.5. The molecule has 0 aromatic carbocycles. The summed E-state index contributed by atoms with van der Waals surface area (Å²) in [6.45, 7) is 0. The quantitative estimate of drug-likeness (QED) is 0.602. The molecule has 1 fully saturated rings. The third-order valence-electron chi connectivity index (χ3n) is 2.47. The highest BCUT2D eigenvalue weighted by Crippen LogP contribution is 2.20. The molecule has 1 rings (SSSR count). The molecule has 0 saturated heterocycles. The Morgan fingerprint density at radius 1 is 1.45 bits per heavy atom. The molecule has 0 aromatic heterocycles. The summed E-state index contributed by atoms with van der Waals surface area (Å²) in [5, 5.41) is 12.7. The summed E-state index contributed by atoms with van der Waals surface area (Å²) in [4.78, 5) is 0. The van der Waals surface area contributed by atoms with E-state index in [9.17, 15) is 5.11 Å². The minimum atomic E-state index is -0.286. The van der Waals surface area contributed by atoms with E-state index < -0.39 is 0 Å². The molecule has 1 aliphatic carbocycles. The maximum Gasteiger partial charge on any atom is 0.0831 e. The number of aliphatic hydroxyl groups excluding tert-OH is 1. The highest BCUT2D eigenvalue weighted by molar-refractivity contribution is 4.83. The van der Waals surface area contributed by atoms with Gasteiger partial charge in [-0.3, -0.25) is 0 Å². The van der Waals surface area contributed by atoms with E-state index in [4.69, 9.17) is 4.74 Å². The normalized spacial score (nSPS) is 39.0. The molecule has 11 heavy (non-hydrogen) atoms. The van der Waals surface area contributed by atoms with Crippen LogP contribution < -0.4 is 5.32 Å². The fraction of sp³-hybridized carbons (Fsp3) is 1.00. The smallest absolute Gasteiger partial charge is 0.0831 e. The first kappa shape index (κ1) is 8.97. The Kier molecular flexibility index (Phi) is 3.30. The van der Waals surface area contributed by atoms with Crippen LogP contribution in [0.1, 0.15) is 19.3 Å². The predicted octanol–water partition coefficient (Wildman–Crippen LogP) is 0.134. The van der Waals surface area contributed by atoms with Gasteiger partial charge in [0.1, 0.15) is 0 Å². The Labute approximate surface area is 67.7 Å². The number of aliphatic hydroxyl groups is 1. The molecular formula is C8H17NO2. The van der Waals surface area contributed by atoms with Gasteiger partial charge in [-0.2, -0.15) is 0 Å². The number of nitrogens with one attached hydrogen (secondary N) is 1. The molecule has 3 unspecified atom stereocenters. The standard InChI is InChI=1S/C8H17NO2/c1-9-6-3-4-8(11-2)7(10)5-6/h6-10H,3-5H2,1-2H3. The van der Waals surface area contributed by atoms with Crippen molar-refractivity contribution in [1.29, 1.82) is 0 Å². The Morgan fingerprint density at radius 3 is 2.64 bits per heavy atom. The molecule has 1 aliphatic rings. The van der Waals surface area contributed by atoms with E-state index in [-0.39, 0.29) is 12.2 Å². The first-order valence-electron chi connectivity index (χ1n) is 4.16. The van der Waals surface area contributed by atoms with Crippen molar-refractivity contribution in [2.24, 2.45) is 0 Å². The largest absolute Gasteiger partial charge is 0.390 e. The Morgan fingerprint density at radius 2 is 2.18 bits per heavy atom. The number of ether oxygens (including phenoxy) is 1. The monoisotopic (exact) mass is 159 g/mol. The van der Waals surface area contributed by atoms with E-state index in [1.807, 2.05) is 7.05 Å². The van der Waals surface area contributed by atoms with Crippen LogP contribution in [0, 0.1) is 0 Å². The second-order valence-corrected chi connectivity index (χ2v) is 3.14. The summed E-state index contributed by atoms with van der Waals surface area (Å²) < 4.78 is 5.12. The van der Waals surface area contributed by atoms with Crippen molar-refractivity contribution >= 4 is 0 Å². The molecule has 0 heterocycles. The van der Waals surface area contributed by atoms with Gasteiger partial charge in [-0.15, -0.1) is 0 Å². The minimum absolute atomic E-state index is 0.0552. The number of hydrogen-bond acceptors (Lipinski definition) is 3. The topological polar surface area (TPSA) is 41.5 Å². The van der Waals surface area contributed by atoms with Crippen LogP contribution in [0.25, 0.3) is 0 Å². The van der Waals surface area contributed by atoms with Crippen LogP contribution in [0.4, 0.5) is 0 Å². The molecule has 2 N–H and O–H groups in total. The van der Waals surface area contributed by atoms with E-state index in [0.717, 1.165) is 19.3 Å². The van der Waals surface area contributed by atoms with Gasteiger partial charge in [0.15, 0.2) is 0 Å². The van der Waals surface area contributed by atoms with Crippen LogP contribution in [0.15, 0.2) is 0 Å². The summed E-state index contributed by atoms with van der Waals surface area (Å²) >= 11 is 0. The molecule has 0 amide bonds. The zero-order chi connectivity index (χ0) is 8.27. The minimum Gasteiger partial charge on any atom is -0.390 e. The van der Waals surface area contributed by atoms with E-state index in [1.54, 1.807) is 7.11 Å². The van der Waals surface area contributed by atoms with Crippen molar-refractivity contribution in [1.82, 2.24) is 5.32 Å². The van der Waals surface area contributed by atoms with E-state index in [0.29, 0.717) is 6.04 Å². The lowest BCUT2D eigenvalue weighted by atomic mass is 9.90. The van der Waals surface area contributed by atoms with Crippen LogP contribution in [-0.4, -0.2) is 37.5 Å². The van der Waals surface area contributed by atoms with Crippen molar-refractivity contribution in [3.05, 3.63) is 0 Å². The lowest BCUT2D eigenvalue weighted by Gasteiger charge is -2.31. The summed E-state index contributed by atoms with van der Waals surface area (Å²) in [7, 11) is 3.60. The zero-order valence-electron chi connectivity index (χ0n) is 7.21. The predicted molar refractivity (Wildman–Crippen MR) is 43.5 cm³/mol. The number of methoxy groups -OCH3 is 1. The van der Waals surface area contributed by atoms with Gasteiger partial charge >= 0.3 is 0 Å². The lowest BCUT2D eigenvalue weighted by molar-refractivity contribution is -0.0429. The molecular weight excluding hydrogens is 142 g/mol. The Hall–Kier alpha value is -0.120. The molecule has 0 radical (unpaired) electrons. The Bertz CT molecular complexity index is 119. The molecule has 3 heteroatoms. The van der Waals surface area contributed by atoms with Gasteiger partial charge in [0, 0.05) is 13.2 Å². The Balaban J connectivity index is 2.34. The molecule has 3 atom stereocenters. The van der Waals surface area contributed by atoms with Gasteiger partial charge < -0.3 is 15.2 Å². The van der Waals surface area contributed by atoms with Crippen molar-refractivity contribution in [2.45, 2.75) is 37.5 Å². The van der Waals surface area contributed by atoms with Gasteiger partial charge in [0.05, 0.1) is 12.2 Å². The average molecular weight is 159 g/mol. The highest BCUT2D eigenvalue weighted by Gasteiger charge is 2.27. The second kappa shape index (κ2) is 4.04. The summed E-state index contributed by atoms with van der Waals surface area (Å²) in [6.07, 6.45) is 2.65. The van der Waals surface area contributed by atoms with Crippen molar-refractivity contribution in [3.63, 3.8) is 0 Å². The van der Waals surface area contributed by atoms with Gasteiger partial charge in [-0.1, -0.05) is 0 Å². The summed E-state index contributed by atoms with van der Waals surface area (Å²) in [6, 6.07) is 0.469. The van der Waals surface area contributed by atoms with E-state index in [2.05, 4.69) is 5.32 Å². The van der Waals surface area contributed by atoms with Crippen LogP contribution in [0.3, 0.4) is 0 Å². The third-order valence-corrected chi connectivity index (χ3v) is 2.47. The van der Waals surface area contributed by atoms with Gasteiger partial charge in [0.2, 0.25) is 0 Å². The van der Waals surface area contributed by atoms with Gasteiger partial charge in [-0.25, -0.2) is 0 Å². The SMILES string of the molecule is CNC1CCC(OC)C(O)C1. The van der Waals surface area contributed by atoms with Crippen LogP contribution in [0.2, 0.25) is 0 Å².